The molecule has 0 radical (unpaired) electrons. The predicted molar refractivity (Wildman–Crippen MR) is 92.8 cm³/mol. The van der Waals surface area contributed by atoms with Crippen molar-refractivity contribution in [3.8, 4) is 11.3 Å². The Morgan fingerprint density at radius 2 is 1.92 bits per heavy atom. The molecule has 3 aromatic rings. The van der Waals surface area contributed by atoms with Gasteiger partial charge >= 0.3 is 5.97 Å². The average Bonchev–Trinajstić information content (AvgIpc) is 3.11. The van der Waals surface area contributed by atoms with Gasteiger partial charge in [-0.25, -0.2) is 9.48 Å². The molecule has 1 N–H and O–H groups in total. The van der Waals surface area contributed by atoms with Gasteiger partial charge in [-0.05, 0) is 17.7 Å². The van der Waals surface area contributed by atoms with Crippen LogP contribution in [0.5, 0.6) is 0 Å². The lowest BCUT2D eigenvalue weighted by molar-refractivity contribution is 0.0601. The summed E-state index contributed by atoms with van der Waals surface area (Å²) in [5, 5.41) is 12.2. The molecule has 0 amide bonds. The smallest absolute Gasteiger partial charge is 0.337 e. The maximum absolute atomic E-state index is 11.6. The fraction of sp³-hybridized carbons (Fsp3) is 0.211. The van der Waals surface area contributed by atoms with Crippen LogP contribution < -0.4 is 5.32 Å². The topological polar surface area (TPSA) is 69.0 Å². The summed E-state index contributed by atoms with van der Waals surface area (Å²) in [4.78, 5) is 11.6. The van der Waals surface area contributed by atoms with Crippen molar-refractivity contribution in [1.29, 1.82) is 0 Å². The van der Waals surface area contributed by atoms with E-state index in [2.05, 4.69) is 27.8 Å². The van der Waals surface area contributed by atoms with E-state index in [0.717, 1.165) is 23.5 Å². The molecule has 6 heteroatoms. The normalized spacial score (nSPS) is 16.3. The molecule has 0 unspecified atom stereocenters. The van der Waals surface area contributed by atoms with Gasteiger partial charge in [-0.3, -0.25) is 0 Å². The molecule has 0 spiro atoms. The van der Waals surface area contributed by atoms with Crippen LogP contribution in [0, 0.1) is 0 Å². The number of ether oxygens (including phenoxy) is 1. The average molecular weight is 334 g/mol. The van der Waals surface area contributed by atoms with Crippen LogP contribution in [0.25, 0.3) is 11.3 Å². The molecule has 0 saturated carbocycles. The second kappa shape index (κ2) is 6.49. The highest BCUT2D eigenvalue weighted by Crippen LogP contribution is 2.27. The van der Waals surface area contributed by atoms with E-state index in [1.807, 2.05) is 35.0 Å². The van der Waals surface area contributed by atoms with Gasteiger partial charge in [-0.15, -0.1) is 5.10 Å². The quantitative estimate of drug-likeness (QED) is 0.746. The molecule has 126 valence electrons. The number of fused-ring (bicyclic) bond motifs is 1. The largest absolute Gasteiger partial charge is 0.465 e. The molecule has 0 saturated heterocycles. The van der Waals surface area contributed by atoms with Gasteiger partial charge in [0.15, 0.2) is 0 Å². The van der Waals surface area contributed by atoms with Gasteiger partial charge in [0, 0.05) is 12.1 Å². The number of benzene rings is 2. The van der Waals surface area contributed by atoms with Gasteiger partial charge in [-0.2, -0.15) is 0 Å². The van der Waals surface area contributed by atoms with E-state index in [0.29, 0.717) is 12.1 Å². The molecular weight excluding hydrogens is 316 g/mol. The lowest BCUT2D eigenvalue weighted by atomic mass is 10.0. The summed E-state index contributed by atoms with van der Waals surface area (Å²) >= 11 is 0. The minimum absolute atomic E-state index is 0.227. The fourth-order valence-electron chi connectivity index (χ4n) is 3.13. The summed E-state index contributed by atoms with van der Waals surface area (Å²) in [6.07, 6.45) is 0. The Hall–Kier alpha value is -2.99. The molecular formula is C19H18N4O2. The Bertz CT molecular complexity index is 888. The summed E-state index contributed by atoms with van der Waals surface area (Å²) in [6.45, 7) is 1.44. The van der Waals surface area contributed by atoms with Crippen LogP contribution in [-0.2, 0) is 17.8 Å². The molecule has 1 atom stereocenters. The van der Waals surface area contributed by atoms with Crippen molar-refractivity contribution in [1.82, 2.24) is 20.3 Å². The van der Waals surface area contributed by atoms with Crippen LogP contribution in [0.2, 0.25) is 0 Å². The minimum atomic E-state index is -0.344. The molecule has 0 bridgehead atoms. The molecule has 1 aliphatic heterocycles. The van der Waals surface area contributed by atoms with Crippen LogP contribution in [0.3, 0.4) is 0 Å². The van der Waals surface area contributed by atoms with Gasteiger partial charge in [0.1, 0.15) is 5.69 Å². The summed E-state index contributed by atoms with van der Waals surface area (Å²) < 4.78 is 6.69. The van der Waals surface area contributed by atoms with E-state index in [1.54, 1.807) is 12.1 Å². The van der Waals surface area contributed by atoms with Crippen molar-refractivity contribution in [2.75, 3.05) is 7.11 Å². The number of hydrogen-bond donors (Lipinski definition) is 1. The van der Waals surface area contributed by atoms with E-state index < -0.39 is 0 Å². The van der Waals surface area contributed by atoms with Crippen LogP contribution >= 0.6 is 0 Å². The summed E-state index contributed by atoms with van der Waals surface area (Å²) in [6, 6.07) is 17.8. The molecule has 1 aliphatic rings. The zero-order valence-electron chi connectivity index (χ0n) is 13.8. The molecule has 6 nitrogen and oxygen atoms in total. The lowest BCUT2D eigenvalue weighted by Crippen LogP contribution is -2.32. The first kappa shape index (κ1) is 15.5. The van der Waals surface area contributed by atoms with E-state index in [-0.39, 0.29) is 12.0 Å². The first-order valence-corrected chi connectivity index (χ1v) is 8.15. The maximum atomic E-state index is 11.6. The Kier molecular flexibility index (Phi) is 4.03. The monoisotopic (exact) mass is 334 g/mol. The van der Waals surface area contributed by atoms with Crippen molar-refractivity contribution in [3.63, 3.8) is 0 Å². The molecule has 0 fully saturated rings. The fourth-order valence-corrected chi connectivity index (χ4v) is 3.13. The van der Waals surface area contributed by atoms with Crippen molar-refractivity contribution in [2.24, 2.45) is 0 Å². The third-order valence-electron chi connectivity index (χ3n) is 4.49. The second-order valence-corrected chi connectivity index (χ2v) is 5.98. The van der Waals surface area contributed by atoms with Gasteiger partial charge in [0.2, 0.25) is 0 Å². The SMILES string of the molecule is COC(=O)c1ccc(-c2nnn3c2CN[C@@H](c2ccccc2)C3)cc1. The first-order chi connectivity index (χ1) is 12.3. The number of nitrogens with one attached hydrogen (secondary N) is 1. The first-order valence-electron chi connectivity index (χ1n) is 8.15. The van der Waals surface area contributed by atoms with Crippen molar-refractivity contribution >= 4 is 5.97 Å². The number of methoxy groups -OCH3 is 1. The van der Waals surface area contributed by atoms with E-state index in [1.165, 1.54) is 12.7 Å². The second-order valence-electron chi connectivity index (χ2n) is 5.98. The number of carbonyl (C=O) groups is 1. The standard InChI is InChI=1S/C19H18N4O2/c1-25-19(24)15-9-7-14(8-10-15)18-17-11-20-16(12-23(17)22-21-18)13-5-3-2-4-6-13/h2-10,16,20H,11-12H2,1H3/t16-/m1/s1. The third-order valence-corrected chi connectivity index (χ3v) is 4.49. The van der Waals surface area contributed by atoms with Gasteiger partial charge in [-0.1, -0.05) is 47.7 Å². The minimum Gasteiger partial charge on any atom is -0.465 e. The van der Waals surface area contributed by atoms with Crippen molar-refractivity contribution in [2.45, 2.75) is 19.1 Å². The Morgan fingerprint density at radius 1 is 1.16 bits per heavy atom. The zero-order valence-corrected chi connectivity index (χ0v) is 13.8. The number of esters is 1. The third kappa shape index (κ3) is 2.92. The Labute approximate surface area is 145 Å². The summed E-state index contributed by atoms with van der Waals surface area (Å²) in [7, 11) is 1.38. The summed E-state index contributed by atoms with van der Waals surface area (Å²) in [5.74, 6) is -0.344. The van der Waals surface area contributed by atoms with E-state index in [4.69, 9.17) is 4.74 Å². The van der Waals surface area contributed by atoms with Crippen LogP contribution in [0.1, 0.15) is 27.7 Å². The van der Waals surface area contributed by atoms with Crippen LogP contribution in [-0.4, -0.2) is 28.1 Å². The molecule has 25 heavy (non-hydrogen) atoms. The highest BCUT2D eigenvalue weighted by Gasteiger charge is 2.24. The highest BCUT2D eigenvalue weighted by atomic mass is 16.5. The van der Waals surface area contributed by atoms with E-state index >= 15 is 0 Å². The molecule has 1 aromatic heterocycles. The predicted octanol–water partition coefficient (Wildman–Crippen LogP) is 2.58. The lowest BCUT2D eigenvalue weighted by Gasteiger charge is -2.25. The molecule has 2 aromatic carbocycles. The van der Waals surface area contributed by atoms with Gasteiger partial charge in [0.25, 0.3) is 0 Å². The van der Waals surface area contributed by atoms with E-state index in [9.17, 15) is 4.79 Å². The maximum Gasteiger partial charge on any atom is 0.337 e. The van der Waals surface area contributed by atoms with Gasteiger partial charge < -0.3 is 10.1 Å². The van der Waals surface area contributed by atoms with Crippen molar-refractivity contribution in [3.05, 3.63) is 71.4 Å². The molecule has 2 heterocycles. The number of nitrogens with zero attached hydrogens (tertiary/aromatic N) is 3. The molecule has 0 aliphatic carbocycles. The zero-order chi connectivity index (χ0) is 17.2. The van der Waals surface area contributed by atoms with Gasteiger partial charge in [0.05, 0.1) is 31.0 Å². The van der Waals surface area contributed by atoms with Crippen LogP contribution in [0.4, 0.5) is 0 Å². The summed E-state index contributed by atoms with van der Waals surface area (Å²) in [5.41, 5.74) is 4.60. The number of carbonyl (C=O) groups excluding carboxylic acids is 1. The number of hydrogen-bond acceptors (Lipinski definition) is 5. The Balaban J connectivity index is 1.59. The number of rotatable bonds is 3. The number of aromatic nitrogens is 3. The Morgan fingerprint density at radius 3 is 2.64 bits per heavy atom. The van der Waals surface area contributed by atoms with Crippen LogP contribution in [0.15, 0.2) is 54.6 Å². The molecule has 4 rings (SSSR count). The highest BCUT2D eigenvalue weighted by molar-refractivity contribution is 5.89. The van der Waals surface area contributed by atoms with Crippen molar-refractivity contribution < 1.29 is 9.53 Å².